The molecule has 0 radical (unpaired) electrons. The fourth-order valence-corrected chi connectivity index (χ4v) is 2.89. The van der Waals surface area contributed by atoms with Crippen molar-refractivity contribution in [2.24, 2.45) is 0 Å². The maximum Gasteiger partial charge on any atom is 0.329 e. The zero-order chi connectivity index (χ0) is 15.4. The number of carboxylic acid groups (broad SMARTS) is 1. The summed E-state index contributed by atoms with van der Waals surface area (Å²) in [4.78, 5) is 24.8. The smallest absolute Gasteiger partial charge is 0.329 e. The van der Waals surface area contributed by atoms with Gasteiger partial charge in [0.1, 0.15) is 5.54 Å². The van der Waals surface area contributed by atoms with Crippen molar-refractivity contribution in [2.75, 3.05) is 25.9 Å². The van der Waals surface area contributed by atoms with Crippen LogP contribution in [0, 0.1) is 0 Å². The third kappa shape index (κ3) is 3.83. The van der Waals surface area contributed by atoms with E-state index in [1.807, 2.05) is 0 Å². The van der Waals surface area contributed by atoms with E-state index in [4.69, 9.17) is 0 Å². The Kier molecular flexibility index (Phi) is 5.35. The lowest BCUT2D eigenvalue weighted by Crippen LogP contribution is -2.56. The van der Waals surface area contributed by atoms with Gasteiger partial charge >= 0.3 is 12.0 Å². The quantitative estimate of drug-likeness (QED) is 0.576. The van der Waals surface area contributed by atoms with Crippen molar-refractivity contribution in [2.45, 2.75) is 31.7 Å². The first-order valence-corrected chi connectivity index (χ1v) is 8.35. The minimum absolute atomic E-state index is 0.0740. The molecule has 1 saturated heterocycles. The lowest BCUT2D eigenvalue weighted by Gasteiger charge is -2.33. The molecular weight excluding hydrogens is 286 g/mol. The molecule has 1 unspecified atom stereocenters. The fourth-order valence-electron chi connectivity index (χ4n) is 2.42. The summed E-state index contributed by atoms with van der Waals surface area (Å²) < 4.78 is 24.0. The van der Waals surface area contributed by atoms with Gasteiger partial charge in [-0.25, -0.2) is 22.7 Å². The number of likely N-dealkylation sites (tertiary alicyclic amines) is 1. The van der Waals surface area contributed by atoms with Crippen molar-refractivity contribution in [1.82, 2.24) is 14.9 Å². The van der Waals surface area contributed by atoms with E-state index < -0.39 is 27.6 Å². The van der Waals surface area contributed by atoms with Crippen molar-refractivity contribution in [3.63, 3.8) is 0 Å². The van der Waals surface area contributed by atoms with E-state index in [1.165, 1.54) is 4.90 Å². The van der Waals surface area contributed by atoms with Gasteiger partial charge in [-0.2, -0.15) is 0 Å². The number of urea groups is 1. The van der Waals surface area contributed by atoms with Crippen LogP contribution in [0.4, 0.5) is 4.79 Å². The van der Waals surface area contributed by atoms with Crippen LogP contribution in [0.25, 0.3) is 0 Å². The summed E-state index contributed by atoms with van der Waals surface area (Å²) in [7, 11) is -3.29. The normalized spacial score (nSPS) is 22.8. The van der Waals surface area contributed by atoms with E-state index in [0.717, 1.165) is 6.26 Å². The maximum atomic E-state index is 12.0. The highest BCUT2D eigenvalue weighted by Gasteiger charge is 2.48. The molecule has 0 aromatic carbocycles. The third-order valence-corrected chi connectivity index (χ3v) is 4.21. The van der Waals surface area contributed by atoms with Crippen molar-refractivity contribution in [3.05, 3.63) is 0 Å². The Hall–Kier alpha value is -1.35. The summed E-state index contributed by atoms with van der Waals surface area (Å²) in [5.41, 5.74) is -1.14. The summed E-state index contributed by atoms with van der Waals surface area (Å²) in [5, 5.41) is 11.9. The molecule has 1 heterocycles. The van der Waals surface area contributed by atoms with Gasteiger partial charge in [-0.05, 0) is 19.3 Å². The van der Waals surface area contributed by atoms with E-state index in [1.54, 1.807) is 6.92 Å². The first-order valence-electron chi connectivity index (χ1n) is 6.46. The van der Waals surface area contributed by atoms with Gasteiger partial charge in [0.2, 0.25) is 10.0 Å². The largest absolute Gasteiger partial charge is 0.479 e. The van der Waals surface area contributed by atoms with Crippen LogP contribution in [0.15, 0.2) is 0 Å². The number of hydrogen-bond donors (Lipinski definition) is 3. The van der Waals surface area contributed by atoms with Crippen LogP contribution in [-0.4, -0.2) is 61.9 Å². The lowest BCUT2D eigenvalue weighted by atomic mass is 9.93. The number of sulfonamides is 1. The highest BCUT2D eigenvalue weighted by atomic mass is 32.2. The van der Waals surface area contributed by atoms with Gasteiger partial charge in [0.05, 0.1) is 6.26 Å². The highest BCUT2D eigenvalue weighted by molar-refractivity contribution is 7.88. The Labute approximate surface area is 118 Å². The van der Waals surface area contributed by atoms with Crippen LogP contribution in [0.3, 0.4) is 0 Å². The minimum atomic E-state index is -3.29. The van der Waals surface area contributed by atoms with Gasteiger partial charge in [0, 0.05) is 19.6 Å². The number of carboxylic acids is 1. The Balaban J connectivity index is 2.56. The Bertz CT molecular complexity index is 478. The number of carbonyl (C=O) groups is 2. The molecule has 0 bridgehead atoms. The van der Waals surface area contributed by atoms with E-state index in [9.17, 15) is 23.1 Å². The van der Waals surface area contributed by atoms with Crippen molar-refractivity contribution in [1.29, 1.82) is 0 Å². The van der Waals surface area contributed by atoms with Gasteiger partial charge in [0.15, 0.2) is 0 Å². The summed E-state index contributed by atoms with van der Waals surface area (Å²) in [6.45, 7) is 2.32. The molecular formula is C11H21N3O5S. The monoisotopic (exact) mass is 307 g/mol. The molecule has 1 rings (SSSR count). The molecule has 1 fully saturated rings. The second kappa shape index (κ2) is 6.40. The molecule has 2 amide bonds. The molecule has 0 spiro atoms. The second-order valence-electron chi connectivity index (χ2n) is 4.84. The lowest BCUT2D eigenvalue weighted by molar-refractivity contribution is -0.148. The zero-order valence-corrected chi connectivity index (χ0v) is 12.5. The molecule has 0 aliphatic carbocycles. The molecule has 8 nitrogen and oxygen atoms in total. The predicted molar refractivity (Wildman–Crippen MR) is 72.8 cm³/mol. The Morgan fingerprint density at radius 2 is 2.00 bits per heavy atom. The summed E-state index contributed by atoms with van der Waals surface area (Å²) in [5.74, 6) is -0.998. The van der Waals surface area contributed by atoms with E-state index >= 15 is 0 Å². The molecule has 0 aromatic heterocycles. The molecule has 0 saturated carbocycles. The predicted octanol–water partition coefficient (Wildman–Crippen LogP) is -0.426. The Morgan fingerprint density at radius 3 is 2.50 bits per heavy atom. The molecule has 0 aromatic rings. The van der Waals surface area contributed by atoms with Crippen LogP contribution < -0.4 is 10.0 Å². The Morgan fingerprint density at radius 1 is 1.35 bits per heavy atom. The van der Waals surface area contributed by atoms with Crippen LogP contribution in [0.1, 0.15) is 26.2 Å². The van der Waals surface area contributed by atoms with Crippen molar-refractivity contribution in [3.8, 4) is 0 Å². The number of aliphatic carboxylic acids is 1. The fraction of sp³-hybridized carbons (Fsp3) is 0.818. The third-order valence-electron chi connectivity index (χ3n) is 3.48. The minimum Gasteiger partial charge on any atom is -0.479 e. The SMILES string of the molecule is CCC1(C(=O)O)CCCN1C(=O)NCCNS(C)(=O)=O. The van der Waals surface area contributed by atoms with Gasteiger partial charge in [-0.3, -0.25) is 0 Å². The second-order valence-corrected chi connectivity index (χ2v) is 6.68. The first kappa shape index (κ1) is 16.7. The molecule has 1 aliphatic heterocycles. The van der Waals surface area contributed by atoms with Crippen LogP contribution in [0.2, 0.25) is 0 Å². The van der Waals surface area contributed by atoms with Crippen LogP contribution in [-0.2, 0) is 14.8 Å². The van der Waals surface area contributed by atoms with Crippen LogP contribution in [0.5, 0.6) is 0 Å². The zero-order valence-electron chi connectivity index (χ0n) is 11.7. The van der Waals surface area contributed by atoms with Crippen molar-refractivity contribution < 1.29 is 23.1 Å². The summed E-state index contributed by atoms with van der Waals surface area (Å²) in [6.07, 6.45) is 2.46. The van der Waals surface area contributed by atoms with Crippen molar-refractivity contribution >= 4 is 22.0 Å². The topological polar surface area (TPSA) is 116 Å². The number of amides is 2. The molecule has 20 heavy (non-hydrogen) atoms. The molecule has 1 atom stereocenters. The first-order chi connectivity index (χ1) is 9.23. The van der Waals surface area contributed by atoms with Gasteiger partial charge in [-0.15, -0.1) is 0 Å². The number of carbonyl (C=O) groups excluding carboxylic acids is 1. The van der Waals surface area contributed by atoms with Gasteiger partial charge in [-0.1, -0.05) is 6.92 Å². The number of nitrogens with zero attached hydrogens (tertiary/aromatic N) is 1. The standard InChI is InChI=1S/C11H21N3O5S/c1-3-11(9(15)16)5-4-8-14(11)10(17)12-6-7-13-20(2,18)19/h13H,3-8H2,1-2H3,(H,12,17)(H,15,16). The van der Waals surface area contributed by atoms with E-state index in [0.29, 0.717) is 25.8 Å². The average Bonchev–Trinajstić information content (AvgIpc) is 2.78. The molecule has 116 valence electrons. The van der Waals surface area contributed by atoms with E-state index in [-0.39, 0.29) is 13.1 Å². The number of nitrogens with one attached hydrogen (secondary N) is 2. The summed E-state index contributed by atoms with van der Waals surface area (Å²) in [6, 6.07) is -0.470. The molecule has 9 heteroatoms. The molecule has 3 N–H and O–H groups in total. The van der Waals surface area contributed by atoms with Gasteiger partial charge in [0.25, 0.3) is 0 Å². The highest BCUT2D eigenvalue weighted by Crippen LogP contribution is 2.32. The number of hydrogen-bond acceptors (Lipinski definition) is 4. The summed E-state index contributed by atoms with van der Waals surface area (Å²) >= 11 is 0. The average molecular weight is 307 g/mol. The van der Waals surface area contributed by atoms with Crippen LogP contribution >= 0.6 is 0 Å². The maximum absolute atomic E-state index is 12.0. The van der Waals surface area contributed by atoms with E-state index in [2.05, 4.69) is 10.0 Å². The number of rotatable bonds is 6. The molecule has 1 aliphatic rings. The van der Waals surface area contributed by atoms with Gasteiger partial charge < -0.3 is 15.3 Å².